The van der Waals surface area contributed by atoms with Crippen molar-refractivity contribution in [2.45, 2.75) is 76.7 Å². The number of hydrogen-bond acceptors (Lipinski definition) is 3. The molecule has 0 aromatic rings. The molecular formula is C18H36N2O. The number of aliphatic hydroxyl groups is 1. The molecule has 0 spiro atoms. The average Bonchev–Trinajstić information content (AvgIpc) is 2.87. The summed E-state index contributed by atoms with van der Waals surface area (Å²) >= 11 is 0. The Bertz CT molecular complexity index is 276. The number of nitrogens with zero attached hydrogens (tertiary/aromatic N) is 1. The molecule has 124 valence electrons. The molecule has 1 heterocycles. The maximum absolute atomic E-state index is 9.96. The molecule has 2 rings (SSSR count). The lowest BCUT2D eigenvalue weighted by atomic mass is 9.85. The number of nitrogens with one attached hydrogen (secondary N) is 1. The van der Waals surface area contributed by atoms with Crippen LogP contribution in [-0.4, -0.2) is 48.3 Å². The third-order valence-electron chi connectivity index (χ3n) is 5.71. The molecule has 3 nitrogen and oxygen atoms in total. The van der Waals surface area contributed by atoms with Crippen molar-refractivity contribution < 1.29 is 5.11 Å². The van der Waals surface area contributed by atoms with Gasteiger partial charge in [-0.15, -0.1) is 0 Å². The zero-order valence-electron chi connectivity index (χ0n) is 14.1. The molecular weight excluding hydrogens is 260 g/mol. The van der Waals surface area contributed by atoms with Gasteiger partial charge < -0.3 is 15.3 Å². The molecule has 1 saturated heterocycles. The molecule has 0 bridgehead atoms. The Balaban J connectivity index is 1.81. The number of likely N-dealkylation sites (tertiary alicyclic amines) is 1. The highest BCUT2D eigenvalue weighted by Gasteiger charge is 2.41. The molecule has 0 aromatic heterocycles. The van der Waals surface area contributed by atoms with Crippen molar-refractivity contribution in [3.63, 3.8) is 0 Å². The molecule has 2 unspecified atom stereocenters. The quantitative estimate of drug-likeness (QED) is 0.757. The molecule has 21 heavy (non-hydrogen) atoms. The van der Waals surface area contributed by atoms with Gasteiger partial charge in [0.1, 0.15) is 0 Å². The van der Waals surface area contributed by atoms with E-state index in [1.165, 1.54) is 71.0 Å². The van der Waals surface area contributed by atoms with Gasteiger partial charge in [0.05, 0.1) is 6.61 Å². The van der Waals surface area contributed by atoms with E-state index >= 15 is 0 Å². The predicted molar refractivity (Wildman–Crippen MR) is 89.6 cm³/mol. The SMILES string of the molecule is CCCNC1(CO)CCCC1CCN1CCCCCCC1. The normalized spacial score (nSPS) is 32.0. The van der Waals surface area contributed by atoms with Crippen molar-refractivity contribution in [1.29, 1.82) is 0 Å². The minimum Gasteiger partial charge on any atom is -0.394 e. The van der Waals surface area contributed by atoms with Crippen molar-refractivity contribution in [3.05, 3.63) is 0 Å². The number of rotatable bonds is 7. The van der Waals surface area contributed by atoms with Crippen LogP contribution in [0.5, 0.6) is 0 Å². The third kappa shape index (κ3) is 4.94. The summed E-state index contributed by atoms with van der Waals surface area (Å²) in [7, 11) is 0. The highest BCUT2D eigenvalue weighted by Crippen LogP contribution is 2.38. The zero-order chi connectivity index (χ0) is 15.0. The molecule has 1 saturated carbocycles. The molecule has 1 aliphatic carbocycles. The molecule has 1 aliphatic heterocycles. The summed E-state index contributed by atoms with van der Waals surface area (Å²) in [5.74, 6) is 0.666. The molecule has 2 fully saturated rings. The predicted octanol–water partition coefficient (Wildman–Crippen LogP) is 3.17. The molecule has 3 heteroatoms. The molecule has 2 aliphatic rings. The second-order valence-electron chi connectivity index (χ2n) is 7.23. The third-order valence-corrected chi connectivity index (χ3v) is 5.71. The van der Waals surface area contributed by atoms with Crippen LogP contribution in [0.1, 0.15) is 71.1 Å². The Kier molecular flexibility index (Phi) is 7.48. The van der Waals surface area contributed by atoms with E-state index < -0.39 is 0 Å². The summed E-state index contributed by atoms with van der Waals surface area (Å²) in [5, 5.41) is 13.6. The van der Waals surface area contributed by atoms with Gasteiger partial charge in [0, 0.05) is 5.54 Å². The van der Waals surface area contributed by atoms with E-state index in [9.17, 15) is 5.11 Å². The fraction of sp³-hybridized carbons (Fsp3) is 1.00. The van der Waals surface area contributed by atoms with Gasteiger partial charge in [-0.25, -0.2) is 0 Å². The molecule has 0 amide bonds. The molecule has 0 aromatic carbocycles. The van der Waals surface area contributed by atoms with Crippen LogP contribution >= 0.6 is 0 Å². The monoisotopic (exact) mass is 296 g/mol. The standard InChI is InChI=1S/C18H36N2O/c1-2-12-19-18(16-21)11-8-9-17(18)10-15-20-13-6-4-3-5-7-14-20/h17,19,21H,2-16H2,1H3. The van der Waals surface area contributed by atoms with Crippen molar-refractivity contribution in [2.75, 3.05) is 32.8 Å². The molecule has 2 N–H and O–H groups in total. The largest absolute Gasteiger partial charge is 0.394 e. The molecule has 0 radical (unpaired) electrons. The Morgan fingerprint density at radius 1 is 1.10 bits per heavy atom. The minimum atomic E-state index is 0.0265. The lowest BCUT2D eigenvalue weighted by Gasteiger charge is -2.36. The smallest absolute Gasteiger partial charge is 0.0616 e. The van der Waals surface area contributed by atoms with E-state index in [0.717, 1.165) is 19.4 Å². The van der Waals surface area contributed by atoms with Crippen molar-refractivity contribution in [2.24, 2.45) is 5.92 Å². The van der Waals surface area contributed by atoms with Gasteiger partial charge >= 0.3 is 0 Å². The first-order valence-corrected chi connectivity index (χ1v) is 9.39. The van der Waals surface area contributed by atoms with E-state index in [0.29, 0.717) is 12.5 Å². The number of aliphatic hydroxyl groups excluding tert-OH is 1. The van der Waals surface area contributed by atoms with Crippen molar-refractivity contribution in [1.82, 2.24) is 10.2 Å². The summed E-state index contributed by atoms with van der Waals surface area (Å²) in [5.41, 5.74) is 0.0265. The van der Waals surface area contributed by atoms with Crippen LogP contribution in [0, 0.1) is 5.92 Å². The van der Waals surface area contributed by atoms with Crippen molar-refractivity contribution in [3.8, 4) is 0 Å². The van der Waals surface area contributed by atoms with Gasteiger partial charge in [-0.3, -0.25) is 0 Å². The van der Waals surface area contributed by atoms with E-state index in [1.54, 1.807) is 0 Å². The van der Waals surface area contributed by atoms with Crippen molar-refractivity contribution >= 4 is 0 Å². The summed E-state index contributed by atoms with van der Waals surface area (Å²) in [4.78, 5) is 2.68. The summed E-state index contributed by atoms with van der Waals surface area (Å²) in [6, 6.07) is 0. The highest BCUT2D eigenvalue weighted by molar-refractivity contribution is 4.99. The van der Waals surface area contributed by atoms with Crippen LogP contribution in [0.25, 0.3) is 0 Å². The summed E-state index contributed by atoms with van der Waals surface area (Å²) in [6.07, 6.45) is 13.2. The first kappa shape index (κ1) is 17.2. The average molecular weight is 296 g/mol. The van der Waals surface area contributed by atoms with Crippen LogP contribution < -0.4 is 5.32 Å². The van der Waals surface area contributed by atoms with Gasteiger partial charge in [0.25, 0.3) is 0 Å². The van der Waals surface area contributed by atoms with Gasteiger partial charge in [-0.1, -0.05) is 32.6 Å². The number of hydrogen-bond donors (Lipinski definition) is 2. The van der Waals surface area contributed by atoms with E-state index in [1.807, 2.05) is 0 Å². The second kappa shape index (κ2) is 9.12. The van der Waals surface area contributed by atoms with Crippen LogP contribution in [0.3, 0.4) is 0 Å². The molecule has 2 atom stereocenters. The van der Waals surface area contributed by atoms with E-state index in [2.05, 4.69) is 17.1 Å². The first-order chi connectivity index (χ1) is 10.3. The van der Waals surface area contributed by atoms with E-state index in [-0.39, 0.29) is 5.54 Å². The van der Waals surface area contributed by atoms with Crippen LogP contribution in [0.2, 0.25) is 0 Å². The Labute approximate surface area is 131 Å². The highest BCUT2D eigenvalue weighted by atomic mass is 16.3. The maximum atomic E-state index is 9.96. The van der Waals surface area contributed by atoms with Crippen LogP contribution in [0.15, 0.2) is 0 Å². The fourth-order valence-electron chi connectivity index (χ4n) is 4.31. The maximum Gasteiger partial charge on any atom is 0.0616 e. The van der Waals surface area contributed by atoms with Gasteiger partial charge in [-0.05, 0) is 70.6 Å². The topological polar surface area (TPSA) is 35.5 Å². The first-order valence-electron chi connectivity index (χ1n) is 9.39. The summed E-state index contributed by atoms with van der Waals surface area (Å²) < 4.78 is 0. The lowest BCUT2D eigenvalue weighted by molar-refractivity contribution is 0.110. The Morgan fingerprint density at radius 2 is 1.81 bits per heavy atom. The van der Waals surface area contributed by atoms with Gasteiger partial charge in [-0.2, -0.15) is 0 Å². The van der Waals surface area contributed by atoms with E-state index in [4.69, 9.17) is 0 Å². The Hall–Kier alpha value is -0.120. The Morgan fingerprint density at radius 3 is 2.48 bits per heavy atom. The second-order valence-corrected chi connectivity index (χ2v) is 7.23. The summed E-state index contributed by atoms with van der Waals surface area (Å²) in [6.45, 7) is 7.39. The van der Waals surface area contributed by atoms with Crippen LogP contribution in [0.4, 0.5) is 0 Å². The zero-order valence-corrected chi connectivity index (χ0v) is 14.1. The minimum absolute atomic E-state index is 0.0265. The lowest BCUT2D eigenvalue weighted by Crippen LogP contribution is -2.52. The van der Waals surface area contributed by atoms with Gasteiger partial charge in [0.15, 0.2) is 0 Å². The van der Waals surface area contributed by atoms with Crippen LogP contribution in [-0.2, 0) is 0 Å². The fourth-order valence-corrected chi connectivity index (χ4v) is 4.31. The van der Waals surface area contributed by atoms with Gasteiger partial charge in [0.2, 0.25) is 0 Å².